The normalized spacial score (nSPS) is 13.4. The first-order chi connectivity index (χ1) is 3.66. The maximum atomic E-state index is 7.09. The van der Waals surface area contributed by atoms with Crippen molar-refractivity contribution in [2.75, 3.05) is 7.05 Å². The molecule has 1 unspecified atom stereocenters. The molecule has 0 fully saturated rings. The largest absolute Gasteiger partial charge is 0.317 e. The molecule has 0 amide bonds. The summed E-state index contributed by atoms with van der Waals surface area (Å²) in [6.45, 7) is 3.89. The number of hydrogen-bond donors (Lipinski definition) is 2. The minimum Gasteiger partial charge on any atom is -0.317 e. The van der Waals surface area contributed by atoms with Gasteiger partial charge in [0.25, 0.3) is 0 Å². The maximum absolute atomic E-state index is 7.09. The van der Waals surface area contributed by atoms with E-state index in [4.69, 9.17) is 5.41 Å². The van der Waals surface area contributed by atoms with Gasteiger partial charge < -0.3 is 10.7 Å². The third-order valence-electron chi connectivity index (χ3n) is 1.11. The molecule has 2 nitrogen and oxygen atoms in total. The molecule has 0 aromatic rings. The Morgan fingerprint density at radius 3 is 2.38 bits per heavy atom. The fourth-order valence-corrected chi connectivity index (χ4v) is 0.561. The Hall–Kier alpha value is -0.370. The highest BCUT2D eigenvalue weighted by Gasteiger charge is 1.96. The Balaban J connectivity index is 3.24. The molecule has 0 rings (SSSR count). The monoisotopic (exact) mass is 114 g/mol. The third-order valence-corrected chi connectivity index (χ3v) is 1.11. The van der Waals surface area contributed by atoms with E-state index in [9.17, 15) is 0 Å². The van der Waals surface area contributed by atoms with Gasteiger partial charge in [-0.1, -0.05) is 0 Å². The molecule has 8 heavy (non-hydrogen) atoms. The lowest BCUT2D eigenvalue weighted by atomic mass is 10.2. The average molecular weight is 114 g/mol. The summed E-state index contributed by atoms with van der Waals surface area (Å²) in [6.07, 6.45) is 0.858. The molecule has 0 aliphatic heterocycles. The summed E-state index contributed by atoms with van der Waals surface area (Å²) in [5.41, 5.74) is 0.742. The summed E-state index contributed by atoms with van der Waals surface area (Å²) in [7, 11) is 1.91. The lowest BCUT2D eigenvalue weighted by Gasteiger charge is -2.06. The molecule has 1 atom stereocenters. The molecule has 2 heteroatoms. The van der Waals surface area contributed by atoms with Gasteiger partial charge in [-0.3, -0.25) is 0 Å². The van der Waals surface area contributed by atoms with Gasteiger partial charge in [0, 0.05) is 11.8 Å². The minimum atomic E-state index is 0.451. The third kappa shape index (κ3) is 3.81. The zero-order valence-electron chi connectivity index (χ0n) is 5.78. The van der Waals surface area contributed by atoms with Crippen molar-refractivity contribution >= 4 is 5.71 Å². The molecular formula is C6H14N2. The molecular weight excluding hydrogens is 100 g/mol. The lowest BCUT2D eigenvalue weighted by molar-refractivity contribution is 0.631. The van der Waals surface area contributed by atoms with Crippen LogP contribution >= 0.6 is 0 Å². The Labute approximate surface area is 50.8 Å². The highest BCUT2D eigenvalue weighted by atomic mass is 14.8. The van der Waals surface area contributed by atoms with Crippen molar-refractivity contribution in [3.05, 3.63) is 0 Å². The van der Waals surface area contributed by atoms with Crippen LogP contribution in [0.5, 0.6) is 0 Å². The summed E-state index contributed by atoms with van der Waals surface area (Å²) in [5.74, 6) is 0. The van der Waals surface area contributed by atoms with Crippen LogP contribution in [0, 0.1) is 5.41 Å². The smallest absolute Gasteiger partial charge is 0.00876 e. The van der Waals surface area contributed by atoms with Crippen molar-refractivity contribution in [2.24, 2.45) is 0 Å². The van der Waals surface area contributed by atoms with Gasteiger partial charge in [-0.2, -0.15) is 0 Å². The van der Waals surface area contributed by atoms with Crippen molar-refractivity contribution in [3.63, 3.8) is 0 Å². The van der Waals surface area contributed by atoms with Crippen LogP contribution in [0.2, 0.25) is 0 Å². The van der Waals surface area contributed by atoms with Crippen LogP contribution in [0.25, 0.3) is 0 Å². The Morgan fingerprint density at radius 1 is 1.75 bits per heavy atom. The van der Waals surface area contributed by atoms with Crippen LogP contribution in [0.15, 0.2) is 0 Å². The van der Waals surface area contributed by atoms with Gasteiger partial charge >= 0.3 is 0 Å². The number of rotatable bonds is 3. The van der Waals surface area contributed by atoms with Crippen molar-refractivity contribution in [1.82, 2.24) is 5.32 Å². The van der Waals surface area contributed by atoms with Crippen LogP contribution in [0.3, 0.4) is 0 Å². The van der Waals surface area contributed by atoms with Gasteiger partial charge in [0.15, 0.2) is 0 Å². The molecule has 0 aliphatic carbocycles. The topological polar surface area (TPSA) is 35.9 Å². The zero-order chi connectivity index (χ0) is 6.57. The molecule has 2 N–H and O–H groups in total. The highest BCUT2D eigenvalue weighted by Crippen LogP contribution is 1.88. The molecule has 0 saturated carbocycles. The Kier molecular flexibility index (Phi) is 3.44. The Morgan fingerprint density at radius 2 is 2.25 bits per heavy atom. The molecule has 0 aliphatic rings. The number of nitrogens with one attached hydrogen (secondary N) is 2. The summed E-state index contributed by atoms with van der Waals surface area (Å²) in [5, 5.41) is 10.1. The lowest BCUT2D eigenvalue weighted by Crippen LogP contribution is -2.23. The van der Waals surface area contributed by atoms with Crippen LogP contribution in [-0.2, 0) is 0 Å². The Bertz CT molecular complexity index is 78.6. The molecule has 0 aromatic carbocycles. The molecule has 0 saturated heterocycles. The highest BCUT2D eigenvalue weighted by molar-refractivity contribution is 5.79. The second-order valence-electron chi connectivity index (χ2n) is 2.17. The van der Waals surface area contributed by atoms with Gasteiger partial charge in [-0.15, -0.1) is 0 Å². The van der Waals surface area contributed by atoms with Crippen molar-refractivity contribution in [2.45, 2.75) is 26.3 Å². The van der Waals surface area contributed by atoms with E-state index >= 15 is 0 Å². The standard InChI is InChI=1S/C6H14N2/c1-5(7)4-6(2)8-3/h6-8H,4H2,1-3H3. The van der Waals surface area contributed by atoms with Crippen molar-refractivity contribution < 1.29 is 0 Å². The van der Waals surface area contributed by atoms with E-state index in [1.165, 1.54) is 0 Å². The van der Waals surface area contributed by atoms with Gasteiger partial charge in [-0.25, -0.2) is 0 Å². The van der Waals surface area contributed by atoms with Crippen molar-refractivity contribution in [1.29, 1.82) is 5.41 Å². The minimum absolute atomic E-state index is 0.451. The van der Waals surface area contributed by atoms with E-state index < -0.39 is 0 Å². The summed E-state index contributed by atoms with van der Waals surface area (Å²) >= 11 is 0. The van der Waals surface area contributed by atoms with Crippen LogP contribution in [0.1, 0.15) is 20.3 Å². The molecule has 0 bridgehead atoms. The van der Waals surface area contributed by atoms with Gasteiger partial charge in [0.05, 0.1) is 0 Å². The summed E-state index contributed by atoms with van der Waals surface area (Å²) in [4.78, 5) is 0. The van der Waals surface area contributed by atoms with Gasteiger partial charge in [-0.05, 0) is 27.3 Å². The zero-order valence-corrected chi connectivity index (χ0v) is 5.78. The van der Waals surface area contributed by atoms with E-state index in [2.05, 4.69) is 12.2 Å². The predicted octanol–water partition coefficient (Wildman–Crippen LogP) is 1.02. The maximum Gasteiger partial charge on any atom is 0.00876 e. The molecule has 0 heterocycles. The molecule has 48 valence electrons. The second kappa shape index (κ2) is 3.61. The van der Waals surface area contributed by atoms with E-state index in [-0.39, 0.29) is 0 Å². The molecule has 0 radical (unpaired) electrons. The first-order valence-corrected chi connectivity index (χ1v) is 2.88. The van der Waals surface area contributed by atoms with Crippen molar-refractivity contribution in [3.8, 4) is 0 Å². The fourth-order valence-electron chi connectivity index (χ4n) is 0.561. The van der Waals surface area contributed by atoms with Gasteiger partial charge in [0.1, 0.15) is 0 Å². The average Bonchev–Trinajstić information content (AvgIpc) is 1.65. The van der Waals surface area contributed by atoms with Crippen LogP contribution in [-0.4, -0.2) is 18.8 Å². The quantitative estimate of drug-likeness (QED) is 0.528. The van der Waals surface area contributed by atoms with Crippen LogP contribution < -0.4 is 5.32 Å². The van der Waals surface area contributed by atoms with E-state index in [0.29, 0.717) is 6.04 Å². The van der Waals surface area contributed by atoms with Crippen LogP contribution in [0.4, 0.5) is 0 Å². The molecule has 0 aromatic heterocycles. The SMILES string of the molecule is CNC(C)CC(C)=N. The summed E-state index contributed by atoms with van der Waals surface area (Å²) in [6, 6.07) is 0.451. The predicted molar refractivity (Wildman–Crippen MR) is 36.5 cm³/mol. The van der Waals surface area contributed by atoms with E-state index in [1.54, 1.807) is 0 Å². The molecule has 0 spiro atoms. The number of hydrogen-bond acceptors (Lipinski definition) is 2. The van der Waals surface area contributed by atoms with E-state index in [1.807, 2.05) is 14.0 Å². The first-order valence-electron chi connectivity index (χ1n) is 2.88. The first kappa shape index (κ1) is 7.63. The second-order valence-corrected chi connectivity index (χ2v) is 2.17. The van der Waals surface area contributed by atoms with E-state index in [0.717, 1.165) is 12.1 Å². The fraction of sp³-hybridized carbons (Fsp3) is 0.833. The van der Waals surface area contributed by atoms with Gasteiger partial charge in [0.2, 0.25) is 0 Å². The summed E-state index contributed by atoms with van der Waals surface area (Å²) < 4.78 is 0.